The molecule has 3 heteroatoms. The third kappa shape index (κ3) is 11.7. The molecule has 0 aromatic heterocycles. The summed E-state index contributed by atoms with van der Waals surface area (Å²) in [5.74, 6) is 1.24. The van der Waals surface area contributed by atoms with Crippen molar-refractivity contribution in [3.8, 4) is 0 Å². The molecule has 0 heterocycles. The zero-order chi connectivity index (χ0) is 17.0. The SMILES string of the molecule is CC(C)C(C)CC(O)Cc1ccccc1.CCCCC(O)O. The van der Waals surface area contributed by atoms with Gasteiger partial charge in [-0.15, -0.1) is 0 Å². The highest BCUT2D eigenvalue weighted by Crippen LogP contribution is 2.18. The van der Waals surface area contributed by atoms with Gasteiger partial charge in [-0.1, -0.05) is 64.4 Å². The van der Waals surface area contributed by atoms with Crippen LogP contribution in [0.1, 0.15) is 58.9 Å². The molecule has 0 amide bonds. The van der Waals surface area contributed by atoms with E-state index in [-0.39, 0.29) is 6.10 Å². The van der Waals surface area contributed by atoms with Crippen LogP contribution < -0.4 is 0 Å². The van der Waals surface area contributed by atoms with Crippen molar-refractivity contribution in [2.45, 2.75) is 72.2 Å². The van der Waals surface area contributed by atoms with E-state index in [2.05, 4.69) is 32.9 Å². The topological polar surface area (TPSA) is 60.7 Å². The lowest BCUT2D eigenvalue weighted by Gasteiger charge is -2.19. The lowest BCUT2D eigenvalue weighted by molar-refractivity contribution is -0.0463. The predicted octanol–water partition coefficient (Wildman–Crippen LogP) is 3.76. The highest BCUT2D eigenvalue weighted by atomic mass is 16.5. The van der Waals surface area contributed by atoms with Crippen LogP contribution in [0.15, 0.2) is 30.3 Å². The minimum absolute atomic E-state index is 0.204. The Labute approximate surface area is 136 Å². The van der Waals surface area contributed by atoms with Crippen LogP contribution in [0.3, 0.4) is 0 Å². The van der Waals surface area contributed by atoms with Crippen molar-refractivity contribution in [2.24, 2.45) is 11.8 Å². The molecule has 0 saturated carbocycles. The molecule has 0 spiro atoms. The van der Waals surface area contributed by atoms with Crippen LogP contribution in [0.4, 0.5) is 0 Å². The molecule has 22 heavy (non-hydrogen) atoms. The minimum Gasteiger partial charge on any atom is -0.393 e. The summed E-state index contributed by atoms with van der Waals surface area (Å²) < 4.78 is 0. The van der Waals surface area contributed by atoms with Gasteiger partial charge >= 0.3 is 0 Å². The van der Waals surface area contributed by atoms with Gasteiger partial charge in [0.1, 0.15) is 0 Å². The molecule has 2 unspecified atom stereocenters. The Kier molecular flexibility index (Phi) is 12.1. The summed E-state index contributed by atoms with van der Waals surface area (Å²) in [6.07, 6.45) is 2.81. The molecule has 1 aromatic rings. The Morgan fingerprint density at radius 2 is 1.55 bits per heavy atom. The zero-order valence-corrected chi connectivity index (χ0v) is 14.6. The maximum atomic E-state index is 9.92. The summed E-state index contributed by atoms with van der Waals surface area (Å²) in [6, 6.07) is 10.2. The van der Waals surface area contributed by atoms with Crippen LogP contribution in [0.25, 0.3) is 0 Å². The van der Waals surface area contributed by atoms with E-state index < -0.39 is 6.29 Å². The molecule has 0 radical (unpaired) electrons. The molecule has 0 aliphatic heterocycles. The number of benzene rings is 1. The average Bonchev–Trinajstić information content (AvgIpc) is 2.46. The summed E-state index contributed by atoms with van der Waals surface area (Å²) in [5, 5.41) is 26.4. The molecule has 0 saturated heterocycles. The molecule has 3 N–H and O–H groups in total. The molecule has 3 nitrogen and oxygen atoms in total. The average molecular weight is 310 g/mol. The van der Waals surface area contributed by atoms with Crippen LogP contribution in [0, 0.1) is 11.8 Å². The molecule has 0 aliphatic rings. The second-order valence-corrected chi connectivity index (χ2v) is 6.42. The van der Waals surface area contributed by atoms with Crippen molar-refractivity contribution in [1.82, 2.24) is 0 Å². The predicted molar refractivity (Wildman–Crippen MR) is 92.5 cm³/mol. The van der Waals surface area contributed by atoms with E-state index in [0.29, 0.717) is 18.3 Å². The Morgan fingerprint density at radius 1 is 0.955 bits per heavy atom. The van der Waals surface area contributed by atoms with Gasteiger partial charge in [-0.2, -0.15) is 0 Å². The fourth-order valence-corrected chi connectivity index (χ4v) is 2.06. The smallest absolute Gasteiger partial charge is 0.151 e. The molecule has 0 bridgehead atoms. The summed E-state index contributed by atoms with van der Waals surface area (Å²) in [6.45, 7) is 8.64. The molecule has 0 aliphatic carbocycles. The number of rotatable bonds is 8. The molecular weight excluding hydrogens is 276 g/mol. The van der Waals surface area contributed by atoms with Gasteiger partial charge in [0.15, 0.2) is 6.29 Å². The van der Waals surface area contributed by atoms with Crippen LogP contribution in [-0.4, -0.2) is 27.7 Å². The fraction of sp³-hybridized carbons (Fsp3) is 0.684. The van der Waals surface area contributed by atoms with Crippen molar-refractivity contribution >= 4 is 0 Å². The summed E-state index contributed by atoms with van der Waals surface area (Å²) in [5.41, 5.74) is 1.22. The number of unbranched alkanes of at least 4 members (excludes halogenated alkanes) is 1. The number of hydrogen-bond acceptors (Lipinski definition) is 3. The molecule has 0 fully saturated rings. The maximum Gasteiger partial charge on any atom is 0.151 e. The number of aliphatic hydroxyl groups excluding tert-OH is 2. The van der Waals surface area contributed by atoms with Crippen molar-refractivity contribution in [3.63, 3.8) is 0 Å². The monoisotopic (exact) mass is 310 g/mol. The van der Waals surface area contributed by atoms with E-state index in [4.69, 9.17) is 10.2 Å². The Balaban J connectivity index is 0.000000534. The first-order valence-corrected chi connectivity index (χ1v) is 8.44. The van der Waals surface area contributed by atoms with Crippen LogP contribution in [-0.2, 0) is 6.42 Å². The third-order valence-corrected chi connectivity index (χ3v) is 3.91. The summed E-state index contributed by atoms with van der Waals surface area (Å²) in [7, 11) is 0. The zero-order valence-electron chi connectivity index (χ0n) is 14.6. The first-order chi connectivity index (χ1) is 10.4. The van der Waals surface area contributed by atoms with Crippen molar-refractivity contribution < 1.29 is 15.3 Å². The van der Waals surface area contributed by atoms with Crippen molar-refractivity contribution in [3.05, 3.63) is 35.9 Å². The normalized spacial score (nSPS) is 13.7. The standard InChI is InChI=1S/C14H22O.C5H12O2/c1-11(2)12(3)9-14(15)10-13-7-5-4-6-8-13;1-2-3-4-5(6)7/h4-8,11-12,14-15H,9-10H2,1-3H3;5-7H,2-4H2,1H3. The van der Waals surface area contributed by atoms with E-state index >= 15 is 0 Å². The van der Waals surface area contributed by atoms with Gasteiger partial charge in [0.2, 0.25) is 0 Å². The van der Waals surface area contributed by atoms with Gasteiger partial charge in [-0.25, -0.2) is 0 Å². The van der Waals surface area contributed by atoms with Crippen molar-refractivity contribution in [1.29, 1.82) is 0 Å². The lowest BCUT2D eigenvalue weighted by Crippen LogP contribution is -2.17. The van der Waals surface area contributed by atoms with Gasteiger partial charge in [0.25, 0.3) is 0 Å². The molecule has 1 aromatic carbocycles. The van der Waals surface area contributed by atoms with Gasteiger partial charge < -0.3 is 15.3 Å². The summed E-state index contributed by atoms with van der Waals surface area (Å²) in [4.78, 5) is 0. The highest BCUT2D eigenvalue weighted by Gasteiger charge is 2.13. The summed E-state index contributed by atoms with van der Waals surface area (Å²) >= 11 is 0. The number of hydrogen-bond donors (Lipinski definition) is 3. The van der Waals surface area contributed by atoms with Crippen LogP contribution >= 0.6 is 0 Å². The van der Waals surface area contributed by atoms with Gasteiger partial charge in [0.05, 0.1) is 6.10 Å². The maximum absolute atomic E-state index is 9.92. The first kappa shape index (κ1) is 21.1. The van der Waals surface area contributed by atoms with Gasteiger partial charge in [-0.3, -0.25) is 0 Å². The van der Waals surface area contributed by atoms with Crippen molar-refractivity contribution in [2.75, 3.05) is 0 Å². The Morgan fingerprint density at radius 3 is 1.95 bits per heavy atom. The lowest BCUT2D eigenvalue weighted by atomic mass is 9.90. The second kappa shape index (κ2) is 12.6. The molecule has 2 atom stereocenters. The van der Waals surface area contributed by atoms with E-state index in [1.54, 1.807) is 0 Å². The Hall–Kier alpha value is -0.900. The van der Waals surface area contributed by atoms with E-state index in [0.717, 1.165) is 25.7 Å². The van der Waals surface area contributed by atoms with Gasteiger partial charge in [-0.05, 0) is 43.1 Å². The van der Waals surface area contributed by atoms with Gasteiger partial charge in [0, 0.05) is 0 Å². The van der Waals surface area contributed by atoms with Crippen LogP contribution in [0.5, 0.6) is 0 Å². The quantitative estimate of drug-likeness (QED) is 0.641. The second-order valence-electron chi connectivity index (χ2n) is 6.42. The van der Waals surface area contributed by atoms with E-state index in [1.165, 1.54) is 5.56 Å². The fourth-order valence-electron chi connectivity index (χ4n) is 2.06. The van der Waals surface area contributed by atoms with E-state index in [9.17, 15) is 5.11 Å². The third-order valence-electron chi connectivity index (χ3n) is 3.91. The van der Waals surface area contributed by atoms with Crippen LogP contribution in [0.2, 0.25) is 0 Å². The Bertz CT molecular complexity index is 349. The molecule has 1 rings (SSSR count). The molecular formula is C19H34O3. The number of aliphatic hydroxyl groups is 3. The first-order valence-electron chi connectivity index (χ1n) is 8.44. The minimum atomic E-state index is -1.10. The highest BCUT2D eigenvalue weighted by molar-refractivity contribution is 5.15. The molecule has 128 valence electrons. The van der Waals surface area contributed by atoms with E-state index in [1.807, 2.05) is 25.1 Å². The largest absolute Gasteiger partial charge is 0.393 e.